The van der Waals surface area contributed by atoms with Gasteiger partial charge < -0.3 is 0 Å². The number of rotatable bonds is 2. The number of hydrogen-bond donors (Lipinski definition) is 0. The summed E-state index contributed by atoms with van der Waals surface area (Å²) in [6, 6.07) is 0. The Bertz CT molecular complexity index is 170. The summed E-state index contributed by atoms with van der Waals surface area (Å²) in [6.45, 7) is 14.4. The molecule has 4 heteroatoms. The third-order valence-electron chi connectivity index (χ3n) is 0.858. The maximum absolute atomic E-state index is 10.8. The first-order valence-electron chi connectivity index (χ1n) is 5.80. The zero-order valence-electron chi connectivity index (χ0n) is 11.8. The summed E-state index contributed by atoms with van der Waals surface area (Å²) in [6.07, 6.45) is 2.19. The Morgan fingerprint density at radius 1 is 1.12 bits per heavy atom. The zero-order chi connectivity index (χ0) is 14.7. The van der Waals surface area contributed by atoms with E-state index in [-0.39, 0.29) is 0 Å². The van der Waals surface area contributed by atoms with E-state index < -0.39 is 12.6 Å². The van der Waals surface area contributed by atoms with Crippen LogP contribution in [0.2, 0.25) is 0 Å². The Balaban J connectivity index is -0.0000000772. The lowest BCUT2D eigenvalue weighted by Gasteiger charge is -1.96. The number of hydrogen-bond acceptors (Lipinski definition) is 1. The Morgan fingerprint density at radius 2 is 1.47 bits per heavy atom. The van der Waals surface area contributed by atoms with Gasteiger partial charge in [-0.25, -0.2) is 0 Å². The lowest BCUT2D eigenvalue weighted by molar-refractivity contribution is -0.130. The van der Waals surface area contributed by atoms with E-state index in [1.807, 2.05) is 34.6 Å². The average Bonchev–Trinajstić information content (AvgIpc) is 2.35. The van der Waals surface area contributed by atoms with E-state index in [4.69, 9.17) is 0 Å². The molecular weight excluding hydrogens is 227 g/mol. The minimum absolute atomic E-state index is 0.729. The maximum Gasteiger partial charge on any atom is 0.388 e. The number of aliphatic imine (C=N–C) groups is 1. The van der Waals surface area contributed by atoms with Crippen molar-refractivity contribution in [2.75, 3.05) is 0 Å². The average molecular weight is 253 g/mol. The van der Waals surface area contributed by atoms with E-state index in [0.29, 0.717) is 0 Å². The van der Waals surface area contributed by atoms with Gasteiger partial charge in [-0.1, -0.05) is 47.3 Å². The smallest absolute Gasteiger partial charge is 0.269 e. The molecule has 0 aromatic heterocycles. The molecule has 0 spiro atoms. The van der Waals surface area contributed by atoms with E-state index in [1.54, 1.807) is 24.6 Å². The number of alkyl halides is 3. The van der Waals surface area contributed by atoms with Crippen molar-refractivity contribution in [1.82, 2.24) is 0 Å². The molecule has 17 heavy (non-hydrogen) atoms. The Labute approximate surface area is 104 Å². The minimum Gasteiger partial charge on any atom is -0.269 e. The number of allylic oxidation sites excluding steroid dienone is 2. The SMILES string of the molecule is C=C/C=C\N=CC.CC.CC.CCC(F)(F)F. The van der Waals surface area contributed by atoms with E-state index >= 15 is 0 Å². The molecule has 0 radical (unpaired) electrons. The molecule has 0 amide bonds. The van der Waals surface area contributed by atoms with Crippen LogP contribution in [0.4, 0.5) is 13.2 Å². The van der Waals surface area contributed by atoms with Gasteiger partial charge in [-0.05, 0) is 13.0 Å². The molecule has 104 valence electrons. The van der Waals surface area contributed by atoms with Crippen LogP contribution in [0.25, 0.3) is 0 Å². The summed E-state index contributed by atoms with van der Waals surface area (Å²) in [5.41, 5.74) is 0. The predicted molar refractivity (Wildman–Crippen MR) is 72.5 cm³/mol. The first kappa shape index (κ1) is 25.0. The number of halogens is 3. The van der Waals surface area contributed by atoms with Crippen LogP contribution in [-0.4, -0.2) is 12.4 Å². The van der Waals surface area contributed by atoms with Crippen LogP contribution in [0.3, 0.4) is 0 Å². The van der Waals surface area contributed by atoms with E-state index in [1.165, 1.54) is 0 Å². The topological polar surface area (TPSA) is 12.4 Å². The van der Waals surface area contributed by atoms with Gasteiger partial charge in [-0.3, -0.25) is 4.99 Å². The van der Waals surface area contributed by atoms with Gasteiger partial charge in [-0.15, -0.1) is 0 Å². The summed E-state index contributed by atoms with van der Waals surface area (Å²) >= 11 is 0. The first-order valence-corrected chi connectivity index (χ1v) is 5.80. The molecule has 0 N–H and O–H groups in total. The summed E-state index contributed by atoms with van der Waals surface area (Å²) in [7, 11) is 0. The second-order valence-corrected chi connectivity index (χ2v) is 1.95. The molecule has 0 aromatic carbocycles. The van der Waals surface area contributed by atoms with Crippen LogP contribution in [-0.2, 0) is 0 Å². The molecule has 0 heterocycles. The van der Waals surface area contributed by atoms with Crippen LogP contribution in [0.15, 0.2) is 29.9 Å². The van der Waals surface area contributed by atoms with E-state index in [9.17, 15) is 13.2 Å². The van der Waals surface area contributed by atoms with Gasteiger partial charge in [0.2, 0.25) is 0 Å². The third-order valence-corrected chi connectivity index (χ3v) is 0.858. The Kier molecular flexibility index (Phi) is 35.6. The minimum atomic E-state index is -3.96. The number of nitrogens with zero attached hydrogens (tertiary/aromatic N) is 1. The van der Waals surface area contributed by atoms with Gasteiger partial charge in [0.25, 0.3) is 0 Å². The van der Waals surface area contributed by atoms with Crippen molar-refractivity contribution in [2.45, 2.75) is 54.1 Å². The van der Waals surface area contributed by atoms with Crippen molar-refractivity contribution >= 4 is 6.21 Å². The van der Waals surface area contributed by atoms with Gasteiger partial charge in [0.1, 0.15) is 0 Å². The van der Waals surface area contributed by atoms with Crippen molar-refractivity contribution < 1.29 is 13.2 Å². The van der Waals surface area contributed by atoms with Crippen molar-refractivity contribution in [3.63, 3.8) is 0 Å². The zero-order valence-corrected chi connectivity index (χ0v) is 11.8. The standard InChI is InChI=1S/C6H9N.C3H5F3.2C2H6/c1-3-5-6-7-4-2;1-2-3(4,5)6;2*1-2/h3-6H,1H2,2H3;2H2,1H3;2*1-2H3/b6-5-,7-4?;;;. The molecule has 1 nitrogen and oxygen atoms in total. The third kappa shape index (κ3) is 70.9. The Hall–Kier alpha value is -1.06. The molecule has 0 unspecified atom stereocenters. The molecule has 0 aliphatic heterocycles. The highest BCUT2D eigenvalue weighted by molar-refractivity contribution is 5.54. The fourth-order valence-corrected chi connectivity index (χ4v) is 0.197. The molecular formula is C13H26F3N. The summed E-state index contributed by atoms with van der Waals surface area (Å²) in [4.78, 5) is 3.78. The van der Waals surface area contributed by atoms with Crippen LogP contribution in [0.1, 0.15) is 48.0 Å². The summed E-state index contributed by atoms with van der Waals surface area (Å²) in [5.74, 6) is 0. The van der Waals surface area contributed by atoms with Gasteiger partial charge in [-0.2, -0.15) is 13.2 Å². The molecule has 0 aromatic rings. The summed E-state index contributed by atoms with van der Waals surface area (Å²) in [5, 5.41) is 0. The molecule has 0 atom stereocenters. The molecule has 0 fully saturated rings. The predicted octanol–water partition coefficient (Wildman–Crippen LogP) is 5.79. The van der Waals surface area contributed by atoms with Crippen molar-refractivity contribution in [3.05, 3.63) is 24.9 Å². The Morgan fingerprint density at radius 3 is 1.65 bits per heavy atom. The lowest BCUT2D eigenvalue weighted by Crippen LogP contribution is -2.02. The first-order chi connectivity index (χ1) is 7.97. The largest absolute Gasteiger partial charge is 0.388 e. The van der Waals surface area contributed by atoms with Crippen LogP contribution < -0.4 is 0 Å². The second kappa shape index (κ2) is 24.3. The van der Waals surface area contributed by atoms with Crippen LogP contribution in [0, 0.1) is 0 Å². The molecule has 0 bridgehead atoms. The van der Waals surface area contributed by atoms with Crippen molar-refractivity contribution in [3.8, 4) is 0 Å². The van der Waals surface area contributed by atoms with Gasteiger partial charge in [0, 0.05) is 18.8 Å². The molecule has 0 saturated heterocycles. The van der Waals surface area contributed by atoms with Gasteiger partial charge in [0.15, 0.2) is 0 Å². The highest BCUT2D eigenvalue weighted by atomic mass is 19.4. The van der Waals surface area contributed by atoms with Gasteiger partial charge in [0.05, 0.1) is 0 Å². The maximum atomic E-state index is 10.8. The molecule has 0 rings (SSSR count). The van der Waals surface area contributed by atoms with Crippen LogP contribution in [0.5, 0.6) is 0 Å². The van der Waals surface area contributed by atoms with E-state index in [2.05, 4.69) is 11.6 Å². The molecule has 0 aliphatic carbocycles. The highest BCUT2D eigenvalue weighted by Gasteiger charge is 2.22. The van der Waals surface area contributed by atoms with E-state index in [0.717, 1.165) is 6.92 Å². The van der Waals surface area contributed by atoms with Gasteiger partial charge >= 0.3 is 6.18 Å². The van der Waals surface area contributed by atoms with Crippen molar-refractivity contribution in [1.29, 1.82) is 0 Å². The van der Waals surface area contributed by atoms with Crippen LogP contribution >= 0.6 is 0 Å². The summed E-state index contributed by atoms with van der Waals surface area (Å²) < 4.78 is 32.4. The highest BCUT2D eigenvalue weighted by Crippen LogP contribution is 2.17. The fourth-order valence-electron chi connectivity index (χ4n) is 0.197. The van der Waals surface area contributed by atoms with Crippen molar-refractivity contribution in [2.24, 2.45) is 4.99 Å². The lowest BCUT2D eigenvalue weighted by atomic mass is 10.5. The molecule has 0 aliphatic rings. The second-order valence-electron chi connectivity index (χ2n) is 1.95. The fraction of sp³-hybridized carbons (Fsp3) is 0.615. The monoisotopic (exact) mass is 253 g/mol. The quantitative estimate of drug-likeness (QED) is 0.436. The normalized spacial score (nSPS) is 9.47. The molecule has 0 saturated carbocycles.